The molecular formula is C19H31N3O3. The molecule has 6 nitrogen and oxygen atoms in total. The maximum Gasteiger partial charge on any atom is 0.344 e. The summed E-state index contributed by atoms with van der Waals surface area (Å²) in [5.41, 5.74) is 1.74. The van der Waals surface area contributed by atoms with Crippen LogP contribution in [-0.4, -0.2) is 28.4 Å². The molecule has 2 N–H and O–H groups in total. The van der Waals surface area contributed by atoms with E-state index in [1.54, 1.807) is 0 Å². The number of rotatable bonds is 5. The number of amides is 4. The first-order chi connectivity index (χ1) is 12.0. The highest BCUT2D eigenvalue weighted by molar-refractivity contribution is 6.07. The maximum absolute atomic E-state index is 12.7. The van der Waals surface area contributed by atoms with Crippen molar-refractivity contribution in [2.24, 2.45) is 11.8 Å². The highest BCUT2D eigenvalue weighted by atomic mass is 16.2. The number of hydrogen-bond acceptors (Lipinski definition) is 3. The molecule has 3 aliphatic rings. The summed E-state index contributed by atoms with van der Waals surface area (Å²) < 4.78 is 0. The molecule has 140 valence electrons. The largest absolute Gasteiger partial charge is 0.344 e. The molecule has 0 bridgehead atoms. The molecule has 0 aromatic carbocycles. The van der Waals surface area contributed by atoms with Gasteiger partial charge in [0, 0.05) is 6.42 Å². The van der Waals surface area contributed by atoms with E-state index in [9.17, 15) is 14.4 Å². The van der Waals surface area contributed by atoms with E-state index in [0.717, 1.165) is 36.6 Å². The molecule has 0 aromatic heterocycles. The van der Waals surface area contributed by atoms with E-state index in [1.807, 2.05) is 0 Å². The lowest BCUT2D eigenvalue weighted by Gasteiger charge is -2.33. The zero-order valence-corrected chi connectivity index (χ0v) is 15.3. The van der Waals surface area contributed by atoms with Gasteiger partial charge in [0.1, 0.15) is 5.54 Å². The van der Waals surface area contributed by atoms with Gasteiger partial charge in [0.2, 0.25) is 5.91 Å². The molecule has 1 heterocycles. The Labute approximate surface area is 150 Å². The van der Waals surface area contributed by atoms with Crippen LogP contribution in [0, 0.1) is 11.8 Å². The van der Waals surface area contributed by atoms with Crippen LogP contribution in [0.2, 0.25) is 0 Å². The highest BCUT2D eigenvalue weighted by Crippen LogP contribution is 2.35. The zero-order valence-electron chi connectivity index (χ0n) is 15.3. The average molecular weight is 349 g/mol. The summed E-state index contributed by atoms with van der Waals surface area (Å²) in [4.78, 5) is 37.0. The van der Waals surface area contributed by atoms with Crippen molar-refractivity contribution in [3.05, 3.63) is 0 Å². The van der Waals surface area contributed by atoms with E-state index >= 15 is 0 Å². The van der Waals surface area contributed by atoms with Gasteiger partial charge < -0.3 is 5.32 Å². The van der Waals surface area contributed by atoms with Crippen LogP contribution in [0.1, 0.15) is 84.0 Å². The lowest BCUT2D eigenvalue weighted by molar-refractivity contribution is -0.140. The van der Waals surface area contributed by atoms with Crippen molar-refractivity contribution in [2.45, 2.75) is 89.5 Å². The van der Waals surface area contributed by atoms with Crippen molar-refractivity contribution in [2.75, 3.05) is 0 Å². The van der Waals surface area contributed by atoms with E-state index in [0.29, 0.717) is 25.2 Å². The average Bonchev–Trinajstić information content (AvgIpc) is 2.83. The first-order valence-corrected chi connectivity index (χ1v) is 9.96. The van der Waals surface area contributed by atoms with E-state index in [-0.39, 0.29) is 11.8 Å². The number of imide groups is 1. The Balaban J connectivity index is 1.46. The van der Waals surface area contributed by atoms with Crippen LogP contribution in [0.15, 0.2) is 0 Å². The second kappa shape index (κ2) is 7.75. The number of nitrogens with zero attached hydrogens (tertiary/aromatic N) is 1. The summed E-state index contributed by atoms with van der Waals surface area (Å²) >= 11 is 0. The number of carbonyl (C=O) groups is 3. The van der Waals surface area contributed by atoms with Gasteiger partial charge in [-0.15, -0.1) is 0 Å². The van der Waals surface area contributed by atoms with Crippen molar-refractivity contribution >= 4 is 17.8 Å². The Hall–Kier alpha value is -1.59. The van der Waals surface area contributed by atoms with Gasteiger partial charge >= 0.3 is 6.03 Å². The molecule has 3 rings (SSSR count). The van der Waals surface area contributed by atoms with Crippen LogP contribution in [0.4, 0.5) is 4.79 Å². The number of urea groups is 1. The third kappa shape index (κ3) is 4.15. The van der Waals surface area contributed by atoms with E-state index in [1.165, 1.54) is 32.1 Å². The molecule has 3 fully saturated rings. The molecule has 0 unspecified atom stereocenters. The van der Waals surface area contributed by atoms with Crippen LogP contribution >= 0.6 is 0 Å². The SMILES string of the molecule is CC1CCC2(CC1)NC(=O)N(NC(=O)CCCC1CCCCC1)C2=O. The van der Waals surface area contributed by atoms with Gasteiger partial charge in [-0.1, -0.05) is 39.0 Å². The second-order valence-electron chi connectivity index (χ2n) is 8.27. The smallest absolute Gasteiger partial charge is 0.322 e. The molecule has 0 aromatic rings. The van der Waals surface area contributed by atoms with E-state index < -0.39 is 11.6 Å². The van der Waals surface area contributed by atoms with Crippen molar-refractivity contribution in [3.63, 3.8) is 0 Å². The molecule has 4 amide bonds. The summed E-state index contributed by atoms with van der Waals surface area (Å²) in [6.07, 6.45) is 11.9. The summed E-state index contributed by atoms with van der Waals surface area (Å²) in [6, 6.07) is -0.486. The van der Waals surface area contributed by atoms with Crippen LogP contribution in [0.5, 0.6) is 0 Å². The third-order valence-corrected chi connectivity index (χ3v) is 6.27. The molecule has 1 aliphatic heterocycles. The lowest BCUT2D eigenvalue weighted by atomic mass is 9.77. The Morgan fingerprint density at radius 2 is 1.84 bits per heavy atom. The van der Waals surface area contributed by atoms with Crippen LogP contribution in [0.25, 0.3) is 0 Å². The minimum absolute atomic E-state index is 0.236. The highest BCUT2D eigenvalue weighted by Gasteiger charge is 2.52. The Kier molecular flexibility index (Phi) is 5.64. The summed E-state index contributed by atoms with van der Waals surface area (Å²) in [6.45, 7) is 2.17. The molecule has 6 heteroatoms. The molecule has 0 atom stereocenters. The molecule has 1 spiro atoms. The maximum atomic E-state index is 12.7. The number of hydrazine groups is 1. The van der Waals surface area contributed by atoms with Gasteiger partial charge in [0.15, 0.2) is 0 Å². The van der Waals surface area contributed by atoms with E-state index in [2.05, 4.69) is 17.7 Å². The first-order valence-electron chi connectivity index (χ1n) is 9.96. The molecule has 2 aliphatic carbocycles. The molecule has 2 saturated carbocycles. The standard InChI is InChI=1S/C19H31N3O3/c1-14-10-12-19(13-11-14)17(24)22(18(25)20-19)21-16(23)9-5-8-15-6-3-2-4-7-15/h14-15H,2-13H2,1H3,(H,20,25)(H,21,23). The monoisotopic (exact) mass is 349 g/mol. The van der Waals surface area contributed by atoms with Crippen molar-refractivity contribution in [1.82, 2.24) is 15.8 Å². The van der Waals surface area contributed by atoms with E-state index in [4.69, 9.17) is 0 Å². The van der Waals surface area contributed by atoms with Crippen LogP contribution < -0.4 is 10.7 Å². The van der Waals surface area contributed by atoms with Gasteiger partial charge in [-0.3, -0.25) is 15.0 Å². The van der Waals surface area contributed by atoms with Gasteiger partial charge in [0.05, 0.1) is 0 Å². The normalized spacial score (nSPS) is 30.6. The molecular weight excluding hydrogens is 318 g/mol. The van der Waals surface area contributed by atoms with Crippen LogP contribution in [-0.2, 0) is 9.59 Å². The Bertz CT molecular complexity index is 520. The molecule has 0 radical (unpaired) electrons. The number of nitrogens with one attached hydrogen (secondary N) is 2. The van der Waals surface area contributed by atoms with Gasteiger partial charge in [-0.05, 0) is 50.4 Å². The first kappa shape index (κ1) is 18.2. The Morgan fingerprint density at radius 3 is 2.52 bits per heavy atom. The fourth-order valence-electron chi connectivity index (χ4n) is 4.52. The topological polar surface area (TPSA) is 78.5 Å². The predicted octanol–water partition coefficient (Wildman–Crippen LogP) is 3.27. The quantitative estimate of drug-likeness (QED) is 0.748. The lowest BCUT2D eigenvalue weighted by Crippen LogP contribution is -2.51. The number of carbonyl (C=O) groups excluding carboxylic acids is 3. The van der Waals surface area contributed by atoms with Crippen molar-refractivity contribution in [3.8, 4) is 0 Å². The van der Waals surface area contributed by atoms with Crippen LogP contribution in [0.3, 0.4) is 0 Å². The fourth-order valence-corrected chi connectivity index (χ4v) is 4.52. The molecule has 25 heavy (non-hydrogen) atoms. The summed E-state index contributed by atoms with van der Waals surface area (Å²) in [5.74, 6) is 0.801. The fraction of sp³-hybridized carbons (Fsp3) is 0.842. The predicted molar refractivity (Wildman–Crippen MR) is 94.3 cm³/mol. The number of hydrogen-bond donors (Lipinski definition) is 2. The molecule has 1 saturated heterocycles. The Morgan fingerprint density at radius 1 is 1.16 bits per heavy atom. The van der Waals surface area contributed by atoms with Gasteiger partial charge in [-0.25, -0.2) is 4.79 Å². The minimum Gasteiger partial charge on any atom is -0.322 e. The zero-order chi connectivity index (χ0) is 17.9. The minimum atomic E-state index is -0.793. The third-order valence-electron chi connectivity index (χ3n) is 6.27. The summed E-state index contributed by atoms with van der Waals surface area (Å²) in [5, 5.41) is 3.74. The van der Waals surface area contributed by atoms with Gasteiger partial charge in [0.25, 0.3) is 5.91 Å². The summed E-state index contributed by atoms with van der Waals surface area (Å²) in [7, 11) is 0. The second-order valence-corrected chi connectivity index (χ2v) is 8.27. The van der Waals surface area contributed by atoms with Crippen molar-refractivity contribution in [1.29, 1.82) is 0 Å². The van der Waals surface area contributed by atoms with Crippen molar-refractivity contribution < 1.29 is 14.4 Å². The van der Waals surface area contributed by atoms with Gasteiger partial charge in [-0.2, -0.15) is 5.01 Å².